The van der Waals surface area contributed by atoms with E-state index in [9.17, 15) is 8.42 Å². The summed E-state index contributed by atoms with van der Waals surface area (Å²) in [6, 6.07) is 7.69. The van der Waals surface area contributed by atoms with Crippen molar-refractivity contribution in [3.8, 4) is 6.07 Å². The molecular weight excluding hydrogens is 252 g/mol. The highest BCUT2D eigenvalue weighted by molar-refractivity contribution is 7.92. The van der Waals surface area contributed by atoms with Gasteiger partial charge in [-0.3, -0.25) is 9.71 Å². The molecule has 0 spiro atoms. The molecule has 0 atom stereocenters. The van der Waals surface area contributed by atoms with Gasteiger partial charge in [0.1, 0.15) is 16.7 Å². The maximum Gasteiger partial charge on any atom is 0.263 e. The van der Waals surface area contributed by atoms with Gasteiger partial charge in [-0.2, -0.15) is 5.26 Å². The smallest absolute Gasteiger partial charge is 0.263 e. The Morgan fingerprint density at radius 3 is 2.61 bits per heavy atom. The molecule has 7 heteroatoms. The molecule has 2 aromatic heterocycles. The Kier molecular flexibility index (Phi) is 3.21. The number of sulfonamides is 1. The van der Waals surface area contributed by atoms with Crippen LogP contribution in [0.5, 0.6) is 0 Å². The number of aromatic nitrogens is 2. The minimum Gasteiger partial charge on any atom is -0.278 e. The second kappa shape index (κ2) is 4.81. The van der Waals surface area contributed by atoms with E-state index >= 15 is 0 Å². The third-order valence-electron chi connectivity index (χ3n) is 2.07. The summed E-state index contributed by atoms with van der Waals surface area (Å²) in [6.45, 7) is 0. The molecule has 6 nitrogen and oxygen atoms in total. The Balaban J connectivity index is 2.29. The molecule has 2 aromatic rings. The van der Waals surface area contributed by atoms with Crippen molar-refractivity contribution in [1.29, 1.82) is 5.26 Å². The Morgan fingerprint density at radius 2 is 2.06 bits per heavy atom. The van der Waals surface area contributed by atoms with Gasteiger partial charge < -0.3 is 0 Å². The number of rotatable bonds is 3. The van der Waals surface area contributed by atoms with Crippen LogP contribution in [0, 0.1) is 11.3 Å². The number of hydrogen-bond donors (Lipinski definition) is 1. The van der Waals surface area contributed by atoms with Gasteiger partial charge in [0.15, 0.2) is 0 Å². The largest absolute Gasteiger partial charge is 0.278 e. The zero-order chi connectivity index (χ0) is 13.0. The first kappa shape index (κ1) is 12.0. The fourth-order valence-corrected chi connectivity index (χ4v) is 2.23. The first-order chi connectivity index (χ1) is 8.62. The van der Waals surface area contributed by atoms with Crippen LogP contribution in [0.4, 0.5) is 5.69 Å². The average Bonchev–Trinajstić information content (AvgIpc) is 2.39. The summed E-state index contributed by atoms with van der Waals surface area (Å²) in [6.07, 6.45) is 4.08. The van der Waals surface area contributed by atoms with E-state index in [1.807, 2.05) is 6.07 Å². The predicted octanol–water partition coefficient (Wildman–Crippen LogP) is 1.15. The molecule has 1 N–H and O–H groups in total. The van der Waals surface area contributed by atoms with Gasteiger partial charge >= 0.3 is 0 Å². The van der Waals surface area contributed by atoms with Crippen LogP contribution in [0.2, 0.25) is 0 Å². The van der Waals surface area contributed by atoms with Crippen LogP contribution < -0.4 is 4.72 Å². The molecule has 0 saturated carbocycles. The molecular formula is C11H8N4O2S. The Morgan fingerprint density at radius 1 is 1.22 bits per heavy atom. The number of nitriles is 1. The lowest BCUT2D eigenvalue weighted by molar-refractivity contribution is 0.601. The third kappa shape index (κ3) is 2.61. The van der Waals surface area contributed by atoms with E-state index in [0.717, 1.165) is 6.20 Å². The van der Waals surface area contributed by atoms with Crippen LogP contribution >= 0.6 is 0 Å². The number of anilines is 1. The van der Waals surface area contributed by atoms with Crippen molar-refractivity contribution in [3.05, 3.63) is 48.5 Å². The van der Waals surface area contributed by atoms with Gasteiger partial charge in [0.2, 0.25) is 0 Å². The highest BCUT2D eigenvalue weighted by Gasteiger charge is 2.14. The summed E-state index contributed by atoms with van der Waals surface area (Å²) in [4.78, 5) is 7.50. The van der Waals surface area contributed by atoms with E-state index in [1.54, 1.807) is 18.3 Å². The quantitative estimate of drug-likeness (QED) is 0.893. The molecule has 90 valence electrons. The number of nitrogens with zero attached hydrogens (tertiary/aromatic N) is 3. The van der Waals surface area contributed by atoms with E-state index in [2.05, 4.69) is 14.7 Å². The highest BCUT2D eigenvalue weighted by atomic mass is 32.2. The van der Waals surface area contributed by atoms with Gasteiger partial charge in [-0.05, 0) is 24.3 Å². The number of nitrogens with one attached hydrogen (secondary N) is 1. The second-order valence-corrected chi connectivity index (χ2v) is 5.02. The van der Waals surface area contributed by atoms with Crippen LogP contribution in [0.3, 0.4) is 0 Å². The maximum atomic E-state index is 11.9. The fraction of sp³-hybridized carbons (Fsp3) is 0. The fourth-order valence-electron chi connectivity index (χ4n) is 1.24. The van der Waals surface area contributed by atoms with Crippen LogP contribution in [0.15, 0.2) is 47.8 Å². The number of hydrogen-bond acceptors (Lipinski definition) is 5. The lowest BCUT2D eigenvalue weighted by Crippen LogP contribution is -2.13. The van der Waals surface area contributed by atoms with Crippen LogP contribution in [-0.4, -0.2) is 18.4 Å². The maximum absolute atomic E-state index is 11.9. The lowest BCUT2D eigenvalue weighted by atomic mass is 10.4. The average molecular weight is 260 g/mol. The van der Waals surface area contributed by atoms with Crippen molar-refractivity contribution in [2.24, 2.45) is 0 Å². The predicted molar refractivity (Wildman–Crippen MR) is 64.0 cm³/mol. The Labute approximate surface area is 104 Å². The molecule has 0 unspecified atom stereocenters. The van der Waals surface area contributed by atoms with Crippen LogP contribution in [0.1, 0.15) is 5.69 Å². The standard InChI is InChI=1S/C11H8N4O2S/c12-6-9-3-4-11(8-14-9)18(16,17)15-10-2-1-5-13-7-10/h1-5,7-8,15H. The summed E-state index contributed by atoms with van der Waals surface area (Å²) in [7, 11) is -3.70. The molecule has 0 aliphatic rings. The van der Waals surface area contributed by atoms with Crippen molar-refractivity contribution in [1.82, 2.24) is 9.97 Å². The summed E-state index contributed by atoms with van der Waals surface area (Å²) in [5.41, 5.74) is 0.525. The first-order valence-corrected chi connectivity index (χ1v) is 6.39. The zero-order valence-corrected chi connectivity index (χ0v) is 9.92. The van der Waals surface area contributed by atoms with E-state index < -0.39 is 10.0 Å². The van der Waals surface area contributed by atoms with E-state index in [4.69, 9.17) is 5.26 Å². The third-order valence-corrected chi connectivity index (χ3v) is 3.44. The van der Waals surface area contributed by atoms with Crippen molar-refractivity contribution in [2.75, 3.05) is 4.72 Å². The van der Waals surface area contributed by atoms with Crippen molar-refractivity contribution < 1.29 is 8.42 Å². The Bertz CT molecular complexity index is 675. The minimum atomic E-state index is -3.70. The molecule has 2 rings (SSSR count). The van der Waals surface area contributed by atoms with Gasteiger partial charge in [0.25, 0.3) is 10.0 Å². The van der Waals surface area contributed by atoms with Gasteiger partial charge in [0, 0.05) is 12.4 Å². The molecule has 0 saturated heterocycles. The molecule has 0 bridgehead atoms. The van der Waals surface area contributed by atoms with Gasteiger partial charge in [-0.25, -0.2) is 13.4 Å². The van der Waals surface area contributed by atoms with Crippen molar-refractivity contribution >= 4 is 15.7 Å². The van der Waals surface area contributed by atoms with E-state index in [-0.39, 0.29) is 10.6 Å². The summed E-state index contributed by atoms with van der Waals surface area (Å²) >= 11 is 0. The molecule has 0 aromatic carbocycles. The second-order valence-electron chi connectivity index (χ2n) is 3.34. The molecule has 0 radical (unpaired) electrons. The monoisotopic (exact) mass is 260 g/mol. The van der Waals surface area contributed by atoms with Crippen molar-refractivity contribution in [3.63, 3.8) is 0 Å². The van der Waals surface area contributed by atoms with Gasteiger partial charge in [-0.15, -0.1) is 0 Å². The SMILES string of the molecule is N#Cc1ccc(S(=O)(=O)Nc2cccnc2)cn1. The minimum absolute atomic E-state index is 0.00893. The summed E-state index contributed by atoms with van der Waals surface area (Å²) in [5, 5.41) is 8.58. The molecule has 0 aliphatic heterocycles. The molecule has 0 amide bonds. The van der Waals surface area contributed by atoms with E-state index in [0.29, 0.717) is 5.69 Å². The van der Waals surface area contributed by atoms with Crippen LogP contribution in [0.25, 0.3) is 0 Å². The van der Waals surface area contributed by atoms with E-state index in [1.165, 1.54) is 18.3 Å². The highest BCUT2D eigenvalue weighted by Crippen LogP contribution is 2.13. The zero-order valence-electron chi connectivity index (χ0n) is 9.11. The van der Waals surface area contributed by atoms with Crippen LogP contribution in [-0.2, 0) is 10.0 Å². The molecule has 2 heterocycles. The van der Waals surface area contributed by atoms with Crippen molar-refractivity contribution in [2.45, 2.75) is 4.90 Å². The lowest BCUT2D eigenvalue weighted by Gasteiger charge is -2.06. The molecule has 0 fully saturated rings. The summed E-state index contributed by atoms with van der Waals surface area (Å²) in [5.74, 6) is 0. The first-order valence-electron chi connectivity index (χ1n) is 4.91. The van der Waals surface area contributed by atoms with Gasteiger partial charge in [-0.1, -0.05) is 0 Å². The summed E-state index contributed by atoms with van der Waals surface area (Å²) < 4.78 is 26.2. The molecule has 18 heavy (non-hydrogen) atoms. The normalized spacial score (nSPS) is 10.6. The number of pyridine rings is 2. The molecule has 0 aliphatic carbocycles. The topological polar surface area (TPSA) is 95.7 Å². The Hall–Kier alpha value is -2.46. The van der Waals surface area contributed by atoms with Gasteiger partial charge in [0.05, 0.1) is 11.9 Å².